The molecule has 19 heavy (non-hydrogen) atoms. The van der Waals surface area contributed by atoms with Gasteiger partial charge >= 0.3 is 0 Å². The predicted octanol–water partition coefficient (Wildman–Crippen LogP) is 3.05. The van der Waals surface area contributed by atoms with E-state index in [4.69, 9.17) is 5.73 Å². The Bertz CT molecular complexity index is 754. The van der Waals surface area contributed by atoms with Crippen LogP contribution in [0.1, 0.15) is 22.4 Å². The van der Waals surface area contributed by atoms with E-state index in [1.807, 2.05) is 0 Å². The number of rotatable bonds is 2. The fraction of sp³-hybridized carbons (Fsp3) is 0.286. The lowest BCUT2D eigenvalue weighted by molar-refractivity contribution is 0.788. The molecule has 0 bridgehead atoms. The first-order valence-electron chi connectivity index (χ1n) is 6.17. The number of fused-ring (bicyclic) bond motifs is 1. The normalized spacial score (nSPS) is 11.3. The molecule has 2 N–H and O–H groups in total. The van der Waals surface area contributed by atoms with Gasteiger partial charge in [0, 0.05) is 5.69 Å². The first kappa shape index (κ1) is 12.2. The second-order valence-corrected chi connectivity index (χ2v) is 5.58. The minimum absolute atomic E-state index is 0.561. The maximum atomic E-state index is 5.98. The van der Waals surface area contributed by atoms with Gasteiger partial charge in [-0.1, -0.05) is 0 Å². The number of hydrogen-bond acceptors (Lipinski definition) is 4. The van der Waals surface area contributed by atoms with Gasteiger partial charge in [-0.15, -0.1) is 0 Å². The van der Waals surface area contributed by atoms with Crippen molar-refractivity contribution < 1.29 is 0 Å². The van der Waals surface area contributed by atoms with E-state index in [2.05, 4.69) is 46.1 Å². The molecule has 0 spiro atoms. The van der Waals surface area contributed by atoms with Gasteiger partial charge in [-0.2, -0.15) is 11.3 Å². The highest BCUT2D eigenvalue weighted by Crippen LogP contribution is 2.28. The summed E-state index contributed by atoms with van der Waals surface area (Å²) in [5.41, 5.74) is 11.9. The lowest BCUT2D eigenvalue weighted by Crippen LogP contribution is -2.03. The lowest BCUT2D eigenvalue weighted by Gasteiger charge is -2.07. The van der Waals surface area contributed by atoms with Gasteiger partial charge in [0.05, 0.1) is 11.9 Å². The molecule has 3 aromatic rings. The van der Waals surface area contributed by atoms with Crippen molar-refractivity contribution in [3.8, 4) is 0 Å². The Hall–Kier alpha value is -1.88. The molecule has 0 atom stereocenters. The van der Waals surface area contributed by atoms with E-state index in [0.29, 0.717) is 5.82 Å². The number of nitrogen functional groups attached to an aromatic ring is 1. The van der Waals surface area contributed by atoms with E-state index in [-0.39, 0.29) is 0 Å². The molecule has 0 fully saturated rings. The summed E-state index contributed by atoms with van der Waals surface area (Å²) >= 11 is 1.74. The fourth-order valence-electron chi connectivity index (χ4n) is 2.41. The SMILES string of the molecule is Cc1cscc1Cn1c(C)c(C)c2c(N)ncnc21. The molecule has 0 aliphatic heterocycles. The minimum atomic E-state index is 0.561. The largest absolute Gasteiger partial charge is 0.383 e. The Morgan fingerprint density at radius 3 is 2.68 bits per heavy atom. The van der Waals surface area contributed by atoms with Crippen LogP contribution in [0, 0.1) is 20.8 Å². The van der Waals surface area contributed by atoms with E-state index in [0.717, 1.165) is 17.6 Å². The number of hydrogen-bond donors (Lipinski definition) is 1. The van der Waals surface area contributed by atoms with Crippen LogP contribution in [0.2, 0.25) is 0 Å². The van der Waals surface area contributed by atoms with Crippen molar-refractivity contribution in [2.45, 2.75) is 27.3 Å². The number of aryl methyl sites for hydroxylation is 2. The van der Waals surface area contributed by atoms with Crippen LogP contribution in [0.3, 0.4) is 0 Å². The summed E-state index contributed by atoms with van der Waals surface area (Å²) in [4.78, 5) is 8.50. The van der Waals surface area contributed by atoms with Gasteiger partial charge in [0.2, 0.25) is 0 Å². The summed E-state index contributed by atoms with van der Waals surface area (Å²) in [6.07, 6.45) is 1.54. The standard InChI is InChI=1S/C14H16N4S/c1-8-5-19-6-11(8)4-18-10(3)9(2)12-13(15)16-7-17-14(12)18/h5-7H,4H2,1-3H3,(H2,15,16,17). The molecule has 0 amide bonds. The fourth-order valence-corrected chi connectivity index (χ4v) is 3.26. The van der Waals surface area contributed by atoms with Gasteiger partial charge in [0.25, 0.3) is 0 Å². The maximum absolute atomic E-state index is 5.98. The summed E-state index contributed by atoms with van der Waals surface area (Å²) in [5, 5.41) is 5.35. The van der Waals surface area contributed by atoms with Crippen LogP contribution in [0.5, 0.6) is 0 Å². The van der Waals surface area contributed by atoms with Crippen molar-refractivity contribution in [3.05, 3.63) is 39.5 Å². The zero-order valence-corrected chi connectivity index (χ0v) is 12.1. The third-order valence-electron chi connectivity index (χ3n) is 3.72. The van der Waals surface area contributed by atoms with Gasteiger partial charge < -0.3 is 10.3 Å². The molecule has 0 saturated carbocycles. The average Bonchev–Trinajstić information content (AvgIpc) is 2.89. The number of anilines is 1. The van der Waals surface area contributed by atoms with E-state index in [1.165, 1.54) is 28.7 Å². The Morgan fingerprint density at radius 2 is 2.00 bits per heavy atom. The smallest absolute Gasteiger partial charge is 0.146 e. The van der Waals surface area contributed by atoms with Gasteiger partial charge in [0.15, 0.2) is 0 Å². The second-order valence-electron chi connectivity index (χ2n) is 4.83. The Labute approximate surface area is 115 Å². The molecule has 0 saturated heterocycles. The molecule has 3 heterocycles. The molecular weight excluding hydrogens is 256 g/mol. The Morgan fingerprint density at radius 1 is 1.21 bits per heavy atom. The molecule has 0 aliphatic rings. The van der Waals surface area contributed by atoms with Crippen LogP contribution in [-0.4, -0.2) is 14.5 Å². The molecular formula is C14H16N4S. The molecule has 5 heteroatoms. The highest BCUT2D eigenvalue weighted by Gasteiger charge is 2.15. The van der Waals surface area contributed by atoms with Crippen molar-refractivity contribution in [2.75, 3.05) is 5.73 Å². The van der Waals surface area contributed by atoms with Gasteiger partial charge in [-0.3, -0.25) is 0 Å². The van der Waals surface area contributed by atoms with Crippen LogP contribution in [0.15, 0.2) is 17.1 Å². The second kappa shape index (κ2) is 4.35. The van der Waals surface area contributed by atoms with E-state index in [9.17, 15) is 0 Å². The molecule has 0 aromatic carbocycles. The zero-order valence-electron chi connectivity index (χ0n) is 11.3. The van der Waals surface area contributed by atoms with Crippen molar-refractivity contribution in [3.63, 3.8) is 0 Å². The first-order chi connectivity index (χ1) is 9.09. The number of aromatic nitrogens is 3. The van der Waals surface area contributed by atoms with Gasteiger partial charge in [-0.05, 0) is 48.2 Å². The summed E-state index contributed by atoms with van der Waals surface area (Å²) in [7, 11) is 0. The topological polar surface area (TPSA) is 56.7 Å². The van der Waals surface area contributed by atoms with Crippen LogP contribution in [-0.2, 0) is 6.54 Å². The Kier molecular flexibility index (Phi) is 2.78. The van der Waals surface area contributed by atoms with E-state index >= 15 is 0 Å². The molecule has 3 aromatic heterocycles. The monoisotopic (exact) mass is 272 g/mol. The van der Waals surface area contributed by atoms with Gasteiger partial charge in [0.1, 0.15) is 17.8 Å². The zero-order chi connectivity index (χ0) is 13.6. The summed E-state index contributed by atoms with van der Waals surface area (Å²) < 4.78 is 2.22. The first-order valence-corrected chi connectivity index (χ1v) is 7.11. The summed E-state index contributed by atoms with van der Waals surface area (Å²) in [5.74, 6) is 0.561. The van der Waals surface area contributed by atoms with E-state index in [1.54, 1.807) is 11.3 Å². The minimum Gasteiger partial charge on any atom is -0.383 e. The number of nitrogens with zero attached hydrogens (tertiary/aromatic N) is 3. The average molecular weight is 272 g/mol. The molecule has 4 nitrogen and oxygen atoms in total. The highest BCUT2D eigenvalue weighted by molar-refractivity contribution is 7.08. The quantitative estimate of drug-likeness (QED) is 0.780. The van der Waals surface area contributed by atoms with Crippen LogP contribution in [0.4, 0.5) is 5.82 Å². The molecule has 0 unspecified atom stereocenters. The Balaban J connectivity index is 2.22. The predicted molar refractivity (Wildman–Crippen MR) is 79.6 cm³/mol. The van der Waals surface area contributed by atoms with Crippen molar-refractivity contribution in [1.82, 2.24) is 14.5 Å². The third-order valence-corrected chi connectivity index (χ3v) is 4.64. The van der Waals surface area contributed by atoms with Gasteiger partial charge in [-0.25, -0.2) is 9.97 Å². The van der Waals surface area contributed by atoms with Crippen molar-refractivity contribution >= 4 is 28.2 Å². The van der Waals surface area contributed by atoms with Crippen LogP contribution >= 0.6 is 11.3 Å². The molecule has 3 rings (SSSR count). The maximum Gasteiger partial charge on any atom is 0.146 e. The molecule has 0 aliphatic carbocycles. The third kappa shape index (κ3) is 1.81. The summed E-state index contributed by atoms with van der Waals surface area (Å²) in [6, 6.07) is 0. The molecule has 0 radical (unpaired) electrons. The van der Waals surface area contributed by atoms with Crippen LogP contribution < -0.4 is 5.73 Å². The van der Waals surface area contributed by atoms with E-state index < -0.39 is 0 Å². The molecule has 98 valence electrons. The summed E-state index contributed by atoms with van der Waals surface area (Å²) in [6.45, 7) is 7.16. The van der Waals surface area contributed by atoms with Crippen molar-refractivity contribution in [1.29, 1.82) is 0 Å². The number of thiophene rings is 1. The highest BCUT2D eigenvalue weighted by atomic mass is 32.1. The van der Waals surface area contributed by atoms with Crippen LogP contribution in [0.25, 0.3) is 11.0 Å². The van der Waals surface area contributed by atoms with Crippen molar-refractivity contribution in [2.24, 2.45) is 0 Å². The number of nitrogens with two attached hydrogens (primary N) is 1. The lowest BCUT2D eigenvalue weighted by atomic mass is 10.2.